The van der Waals surface area contributed by atoms with Crippen LogP contribution in [0.15, 0.2) is 18.3 Å². The first kappa shape index (κ1) is 8.99. The molecule has 4 nitrogen and oxygen atoms in total. The first-order valence-corrected chi connectivity index (χ1v) is 4.73. The van der Waals surface area contributed by atoms with Crippen LogP contribution in [0.5, 0.6) is 5.75 Å². The van der Waals surface area contributed by atoms with E-state index < -0.39 is 0 Å². The summed E-state index contributed by atoms with van der Waals surface area (Å²) in [5.74, 6) is 1.64. The number of rotatable bonds is 3. The minimum absolute atomic E-state index is 0.766. The van der Waals surface area contributed by atoms with E-state index in [1.165, 1.54) is 0 Å². The lowest BCUT2D eigenvalue weighted by molar-refractivity contribution is 0.416. The maximum Gasteiger partial charge on any atom is 0.198 e. The van der Waals surface area contributed by atoms with E-state index in [9.17, 15) is 0 Å². The van der Waals surface area contributed by atoms with Crippen LogP contribution in [-0.2, 0) is 6.42 Å². The van der Waals surface area contributed by atoms with Gasteiger partial charge in [-0.15, -0.1) is 0 Å². The van der Waals surface area contributed by atoms with E-state index >= 15 is 0 Å². The standard InChI is InChI=1S/C10H13N3O/c1-3-5-9-11-10-8(14-2)6-4-7-13(10)12-9/h4,6-7H,3,5H2,1-2H3. The van der Waals surface area contributed by atoms with Crippen molar-refractivity contribution in [2.75, 3.05) is 7.11 Å². The van der Waals surface area contributed by atoms with Gasteiger partial charge in [-0.25, -0.2) is 9.50 Å². The van der Waals surface area contributed by atoms with Crippen LogP contribution in [0.4, 0.5) is 0 Å². The molecule has 0 saturated heterocycles. The topological polar surface area (TPSA) is 39.4 Å². The Morgan fingerprint density at radius 1 is 1.50 bits per heavy atom. The summed E-state index contributed by atoms with van der Waals surface area (Å²) in [5.41, 5.74) is 0.790. The highest BCUT2D eigenvalue weighted by molar-refractivity contribution is 5.52. The van der Waals surface area contributed by atoms with Crippen molar-refractivity contribution in [1.29, 1.82) is 0 Å². The summed E-state index contributed by atoms with van der Waals surface area (Å²) < 4.78 is 6.95. The molecule has 0 atom stereocenters. The highest BCUT2D eigenvalue weighted by atomic mass is 16.5. The molecule has 0 aliphatic heterocycles. The lowest BCUT2D eigenvalue weighted by Gasteiger charge is -1.98. The van der Waals surface area contributed by atoms with E-state index in [4.69, 9.17) is 4.74 Å². The molecule has 0 fully saturated rings. The molecule has 0 aromatic carbocycles. The highest BCUT2D eigenvalue weighted by Gasteiger charge is 2.06. The van der Waals surface area contributed by atoms with Crippen LogP contribution in [-0.4, -0.2) is 21.7 Å². The lowest BCUT2D eigenvalue weighted by atomic mass is 10.3. The van der Waals surface area contributed by atoms with E-state index in [0.717, 1.165) is 30.1 Å². The number of pyridine rings is 1. The van der Waals surface area contributed by atoms with E-state index in [-0.39, 0.29) is 0 Å². The summed E-state index contributed by atoms with van der Waals surface area (Å²) in [4.78, 5) is 4.40. The third-order valence-electron chi connectivity index (χ3n) is 2.06. The van der Waals surface area contributed by atoms with E-state index in [1.54, 1.807) is 11.6 Å². The van der Waals surface area contributed by atoms with Crippen LogP contribution >= 0.6 is 0 Å². The van der Waals surface area contributed by atoms with Crippen LogP contribution in [0.2, 0.25) is 0 Å². The number of ether oxygens (including phenoxy) is 1. The van der Waals surface area contributed by atoms with Gasteiger partial charge in [-0.05, 0) is 18.6 Å². The molecule has 0 spiro atoms. The number of nitrogens with zero attached hydrogens (tertiary/aromatic N) is 3. The number of hydrogen-bond acceptors (Lipinski definition) is 3. The minimum Gasteiger partial charge on any atom is -0.493 e. The third-order valence-corrected chi connectivity index (χ3v) is 2.06. The van der Waals surface area contributed by atoms with Crippen LogP contribution in [0, 0.1) is 0 Å². The Kier molecular flexibility index (Phi) is 2.35. The predicted molar refractivity (Wildman–Crippen MR) is 53.5 cm³/mol. The van der Waals surface area contributed by atoms with Gasteiger partial charge in [-0.2, -0.15) is 5.10 Å². The van der Waals surface area contributed by atoms with Gasteiger partial charge in [0.1, 0.15) is 0 Å². The molecule has 2 aromatic rings. The van der Waals surface area contributed by atoms with Crippen molar-refractivity contribution < 1.29 is 4.74 Å². The molecule has 74 valence electrons. The molecule has 0 radical (unpaired) electrons. The monoisotopic (exact) mass is 191 g/mol. The summed E-state index contributed by atoms with van der Waals surface area (Å²) in [6, 6.07) is 3.79. The lowest BCUT2D eigenvalue weighted by Crippen LogP contribution is -1.90. The zero-order valence-electron chi connectivity index (χ0n) is 8.40. The maximum atomic E-state index is 5.20. The molecule has 0 unspecified atom stereocenters. The fraction of sp³-hybridized carbons (Fsp3) is 0.400. The van der Waals surface area contributed by atoms with Gasteiger partial charge < -0.3 is 4.74 Å². The Morgan fingerprint density at radius 2 is 2.36 bits per heavy atom. The van der Waals surface area contributed by atoms with E-state index in [1.807, 2.05) is 18.3 Å². The second-order valence-corrected chi connectivity index (χ2v) is 3.12. The number of aromatic nitrogens is 3. The average Bonchev–Trinajstić information content (AvgIpc) is 2.60. The molecule has 14 heavy (non-hydrogen) atoms. The fourth-order valence-corrected chi connectivity index (χ4v) is 1.41. The zero-order chi connectivity index (χ0) is 9.97. The summed E-state index contributed by atoms with van der Waals surface area (Å²) in [6.07, 6.45) is 3.84. The first-order valence-electron chi connectivity index (χ1n) is 4.73. The molecule has 0 N–H and O–H groups in total. The average molecular weight is 191 g/mol. The molecule has 2 heterocycles. The van der Waals surface area contributed by atoms with Gasteiger partial charge in [0.05, 0.1) is 7.11 Å². The molecule has 0 aliphatic rings. The van der Waals surface area contributed by atoms with Crippen molar-refractivity contribution in [3.63, 3.8) is 0 Å². The number of hydrogen-bond donors (Lipinski definition) is 0. The van der Waals surface area contributed by atoms with Crippen LogP contribution in [0.1, 0.15) is 19.2 Å². The molecule has 0 bridgehead atoms. The van der Waals surface area contributed by atoms with E-state index in [2.05, 4.69) is 17.0 Å². The second kappa shape index (κ2) is 3.65. The number of methoxy groups -OCH3 is 1. The maximum absolute atomic E-state index is 5.20. The van der Waals surface area contributed by atoms with Crippen LogP contribution in [0.3, 0.4) is 0 Å². The SMILES string of the molecule is CCCc1nc2c(OC)cccn2n1. The molecule has 4 heteroatoms. The van der Waals surface area contributed by atoms with Gasteiger partial charge in [-0.3, -0.25) is 0 Å². The molecule has 2 aromatic heterocycles. The Morgan fingerprint density at radius 3 is 3.07 bits per heavy atom. The summed E-state index contributed by atoms with van der Waals surface area (Å²) >= 11 is 0. The Labute approximate surface area is 82.5 Å². The Hall–Kier alpha value is -1.58. The van der Waals surface area contributed by atoms with Gasteiger partial charge in [0.25, 0.3) is 0 Å². The van der Waals surface area contributed by atoms with Gasteiger partial charge in [0, 0.05) is 12.6 Å². The third kappa shape index (κ3) is 1.43. The Balaban J connectivity index is 2.52. The van der Waals surface area contributed by atoms with E-state index in [0.29, 0.717) is 0 Å². The van der Waals surface area contributed by atoms with Crippen molar-refractivity contribution in [3.8, 4) is 5.75 Å². The van der Waals surface area contributed by atoms with Crippen molar-refractivity contribution in [3.05, 3.63) is 24.2 Å². The minimum atomic E-state index is 0.766. The second-order valence-electron chi connectivity index (χ2n) is 3.12. The predicted octanol–water partition coefficient (Wildman–Crippen LogP) is 1.69. The zero-order valence-corrected chi connectivity index (χ0v) is 8.40. The largest absolute Gasteiger partial charge is 0.493 e. The summed E-state index contributed by atoms with van der Waals surface area (Å²) in [6.45, 7) is 2.11. The van der Waals surface area contributed by atoms with Crippen LogP contribution < -0.4 is 4.74 Å². The molecule has 0 amide bonds. The molecule has 0 aliphatic carbocycles. The normalized spacial score (nSPS) is 10.7. The molecule has 0 saturated carbocycles. The van der Waals surface area contributed by atoms with Gasteiger partial charge >= 0.3 is 0 Å². The van der Waals surface area contributed by atoms with Gasteiger partial charge in [0.2, 0.25) is 0 Å². The number of fused-ring (bicyclic) bond motifs is 1. The molecular weight excluding hydrogens is 178 g/mol. The first-order chi connectivity index (χ1) is 6.85. The van der Waals surface area contributed by atoms with Crippen LogP contribution in [0.25, 0.3) is 5.65 Å². The fourth-order valence-electron chi connectivity index (χ4n) is 1.41. The summed E-state index contributed by atoms with van der Waals surface area (Å²) in [5, 5.41) is 4.34. The van der Waals surface area contributed by atoms with Crippen molar-refractivity contribution in [2.24, 2.45) is 0 Å². The Bertz CT molecular complexity index is 436. The smallest absolute Gasteiger partial charge is 0.198 e. The van der Waals surface area contributed by atoms with Crippen molar-refractivity contribution in [2.45, 2.75) is 19.8 Å². The highest BCUT2D eigenvalue weighted by Crippen LogP contribution is 2.16. The number of aryl methyl sites for hydroxylation is 1. The van der Waals surface area contributed by atoms with Gasteiger partial charge in [-0.1, -0.05) is 6.92 Å². The van der Waals surface area contributed by atoms with Crippen molar-refractivity contribution >= 4 is 5.65 Å². The summed E-state index contributed by atoms with van der Waals surface area (Å²) in [7, 11) is 1.64. The van der Waals surface area contributed by atoms with Gasteiger partial charge in [0.15, 0.2) is 17.2 Å². The quantitative estimate of drug-likeness (QED) is 0.741. The van der Waals surface area contributed by atoms with Crippen molar-refractivity contribution in [1.82, 2.24) is 14.6 Å². The molecule has 2 rings (SSSR count). The molecular formula is C10H13N3O.